The molecule has 2 N–H and O–H groups in total. The number of hydrogen-bond acceptors (Lipinski definition) is 6. The molecule has 0 saturated carbocycles. The Hall–Kier alpha value is -4.42. The molecular weight excluding hydrogens is 539 g/mol. The summed E-state index contributed by atoms with van der Waals surface area (Å²) in [6.07, 6.45) is -4.21. The first kappa shape index (κ1) is 28.6. The molecule has 40 heavy (non-hydrogen) atoms. The number of benzene rings is 2. The van der Waals surface area contributed by atoms with Crippen LogP contribution >= 0.6 is 0 Å². The zero-order valence-corrected chi connectivity index (χ0v) is 21.1. The van der Waals surface area contributed by atoms with Crippen LogP contribution in [0.2, 0.25) is 0 Å². The number of ketones is 1. The van der Waals surface area contributed by atoms with Crippen molar-refractivity contribution in [1.29, 1.82) is 0 Å². The maximum atomic E-state index is 13.4. The van der Waals surface area contributed by atoms with Crippen LogP contribution < -0.4 is 10.6 Å². The number of alkyl halides is 3. The third kappa shape index (κ3) is 6.58. The minimum Gasteiger partial charge on any atom is -0.466 e. The number of nitrogens with zero attached hydrogens (tertiary/aromatic N) is 2. The molecule has 0 fully saturated rings. The predicted octanol–water partition coefficient (Wildman–Crippen LogP) is 6.09. The van der Waals surface area contributed by atoms with Crippen LogP contribution in [0.4, 0.5) is 38.3 Å². The summed E-state index contributed by atoms with van der Waals surface area (Å²) in [5, 5.41) is 4.72. The average Bonchev–Trinajstić information content (AvgIpc) is 2.88. The number of Topliss-reactive ketones (excluding diaryl/α,β-unsaturated/α-hetero) is 1. The predicted molar refractivity (Wildman–Crippen MR) is 133 cm³/mol. The van der Waals surface area contributed by atoms with Crippen LogP contribution in [0.5, 0.6) is 0 Å². The van der Waals surface area contributed by atoms with E-state index in [4.69, 9.17) is 4.74 Å². The number of amides is 2. The van der Waals surface area contributed by atoms with E-state index in [0.717, 1.165) is 12.1 Å². The number of anilines is 2. The highest BCUT2D eigenvalue weighted by Gasteiger charge is 2.51. The third-order valence-corrected chi connectivity index (χ3v) is 6.40. The smallest absolute Gasteiger partial charge is 0.390 e. The molecule has 1 heterocycles. The number of fused-ring (bicyclic) bond motifs is 1. The topological polar surface area (TPSA) is 110 Å². The quantitative estimate of drug-likeness (QED) is 0.267. The van der Waals surface area contributed by atoms with Gasteiger partial charge in [0.25, 0.3) is 0 Å². The van der Waals surface area contributed by atoms with Gasteiger partial charge in [0.2, 0.25) is 0 Å². The number of urea groups is 1. The van der Waals surface area contributed by atoms with E-state index >= 15 is 0 Å². The molecule has 0 aliphatic heterocycles. The van der Waals surface area contributed by atoms with Crippen molar-refractivity contribution in [3.8, 4) is 11.3 Å². The van der Waals surface area contributed by atoms with Crippen molar-refractivity contribution in [2.24, 2.45) is 5.41 Å². The Morgan fingerprint density at radius 1 is 1.02 bits per heavy atom. The van der Waals surface area contributed by atoms with Crippen LogP contribution in [0.25, 0.3) is 11.3 Å². The van der Waals surface area contributed by atoms with E-state index in [1.807, 2.05) is 0 Å². The van der Waals surface area contributed by atoms with Crippen molar-refractivity contribution < 1.29 is 41.1 Å². The number of nitrogens with one attached hydrogen (secondary N) is 2. The number of esters is 1. The van der Waals surface area contributed by atoms with Crippen molar-refractivity contribution >= 4 is 29.3 Å². The molecule has 0 saturated heterocycles. The van der Waals surface area contributed by atoms with Gasteiger partial charge in [0.15, 0.2) is 23.2 Å². The molecule has 1 atom stereocenters. The van der Waals surface area contributed by atoms with E-state index in [1.54, 1.807) is 6.07 Å². The van der Waals surface area contributed by atoms with Gasteiger partial charge in [0.05, 0.1) is 43.0 Å². The first-order valence-electron chi connectivity index (χ1n) is 12.1. The normalized spacial score (nSPS) is 16.7. The summed E-state index contributed by atoms with van der Waals surface area (Å²) in [5.74, 6) is -3.76. The fourth-order valence-corrected chi connectivity index (χ4v) is 4.62. The summed E-state index contributed by atoms with van der Waals surface area (Å²) in [6.45, 7) is 1.52. The Morgan fingerprint density at radius 3 is 2.45 bits per heavy atom. The standard InChI is InChI=1S/C27H23F5N4O4/c1-2-40-23(37)11-26(14-27(30,31)32)8-7-15-9-16(3-5-18(15)24(26)38)21-12-34-22(13-33-21)36-25(39)35-17-4-6-19(28)20(29)10-17/h3-6,9-10,12-13H,2,7-8,11,14H2,1H3,(H2,34,35,36,39). The molecule has 0 spiro atoms. The number of aromatic nitrogens is 2. The number of aryl methyl sites for hydroxylation is 1. The molecule has 4 rings (SSSR count). The molecule has 1 unspecified atom stereocenters. The monoisotopic (exact) mass is 562 g/mol. The number of carbonyl (C=O) groups is 3. The van der Waals surface area contributed by atoms with Gasteiger partial charge in [-0.2, -0.15) is 13.2 Å². The second kappa shape index (κ2) is 11.4. The minimum atomic E-state index is -4.66. The van der Waals surface area contributed by atoms with Crippen LogP contribution in [0.3, 0.4) is 0 Å². The Morgan fingerprint density at radius 2 is 1.80 bits per heavy atom. The van der Waals surface area contributed by atoms with E-state index in [2.05, 4.69) is 20.6 Å². The maximum absolute atomic E-state index is 13.4. The minimum absolute atomic E-state index is 0.0106. The molecule has 2 aromatic carbocycles. The average molecular weight is 562 g/mol. The summed E-state index contributed by atoms with van der Waals surface area (Å²) in [7, 11) is 0. The van der Waals surface area contributed by atoms with E-state index in [1.165, 1.54) is 37.5 Å². The van der Waals surface area contributed by atoms with Crippen molar-refractivity contribution in [3.63, 3.8) is 0 Å². The van der Waals surface area contributed by atoms with E-state index in [-0.39, 0.29) is 36.5 Å². The van der Waals surface area contributed by atoms with Gasteiger partial charge in [-0.3, -0.25) is 19.9 Å². The second-order valence-electron chi connectivity index (χ2n) is 9.25. The molecule has 8 nitrogen and oxygen atoms in total. The molecule has 0 radical (unpaired) electrons. The lowest BCUT2D eigenvalue weighted by molar-refractivity contribution is -0.162. The first-order valence-corrected chi connectivity index (χ1v) is 12.1. The summed E-state index contributed by atoms with van der Waals surface area (Å²) in [4.78, 5) is 45.8. The summed E-state index contributed by atoms with van der Waals surface area (Å²) in [6, 6.07) is 6.63. The van der Waals surface area contributed by atoms with E-state index in [0.29, 0.717) is 16.8 Å². The van der Waals surface area contributed by atoms with Crippen molar-refractivity contribution in [3.05, 3.63) is 71.6 Å². The van der Waals surface area contributed by atoms with Crippen LogP contribution in [0, 0.1) is 17.0 Å². The molecule has 0 bridgehead atoms. The number of carbonyl (C=O) groups excluding carboxylic acids is 3. The first-order chi connectivity index (χ1) is 18.9. The highest BCUT2D eigenvalue weighted by atomic mass is 19.4. The molecule has 1 aliphatic rings. The second-order valence-corrected chi connectivity index (χ2v) is 9.25. The van der Waals surface area contributed by atoms with Gasteiger partial charge < -0.3 is 10.1 Å². The molecule has 1 aromatic heterocycles. The molecule has 1 aliphatic carbocycles. The maximum Gasteiger partial charge on any atom is 0.390 e. The Bertz CT molecular complexity index is 1450. The van der Waals surface area contributed by atoms with Crippen LogP contribution in [0.15, 0.2) is 48.8 Å². The SMILES string of the molecule is CCOC(=O)CC1(CC(F)(F)F)CCc2cc(-c3cnc(NC(=O)Nc4ccc(F)c(F)c4)cn3)ccc2C1=O. The van der Waals surface area contributed by atoms with E-state index < -0.39 is 53.9 Å². The zero-order valence-electron chi connectivity index (χ0n) is 21.1. The zero-order chi connectivity index (χ0) is 29.1. The van der Waals surface area contributed by atoms with E-state index in [9.17, 15) is 36.3 Å². The van der Waals surface area contributed by atoms with Crippen LogP contribution in [0.1, 0.15) is 42.1 Å². The van der Waals surface area contributed by atoms with Gasteiger partial charge >= 0.3 is 18.2 Å². The largest absolute Gasteiger partial charge is 0.466 e. The third-order valence-electron chi connectivity index (χ3n) is 6.40. The van der Waals surface area contributed by atoms with Gasteiger partial charge in [0.1, 0.15) is 0 Å². The Labute approximate surface area is 225 Å². The summed E-state index contributed by atoms with van der Waals surface area (Å²) in [5.41, 5.74) is -0.410. The number of ether oxygens (including phenoxy) is 1. The highest BCUT2D eigenvalue weighted by Crippen LogP contribution is 2.46. The van der Waals surface area contributed by atoms with Crippen LogP contribution in [-0.2, 0) is 16.0 Å². The Balaban J connectivity index is 1.49. The fourth-order valence-electron chi connectivity index (χ4n) is 4.62. The lowest BCUT2D eigenvalue weighted by atomic mass is 9.66. The van der Waals surface area contributed by atoms with Crippen molar-refractivity contribution in [2.75, 3.05) is 17.2 Å². The van der Waals surface area contributed by atoms with Gasteiger partial charge in [-0.1, -0.05) is 12.1 Å². The van der Waals surface area contributed by atoms with Crippen molar-refractivity contribution in [2.45, 2.75) is 38.8 Å². The molecule has 13 heteroatoms. The number of hydrogen-bond donors (Lipinski definition) is 2. The lowest BCUT2D eigenvalue weighted by Gasteiger charge is -2.36. The molecule has 210 valence electrons. The summed E-state index contributed by atoms with van der Waals surface area (Å²) < 4.78 is 71.5. The number of rotatable bonds is 7. The highest BCUT2D eigenvalue weighted by molar-refractivity contribution is 6.05. The van der Waals surface area contributed by atoms with Crippen molar-refractivity contribution in [1.82, 2.24) is 9.97 Å². The Kier molecular flexibility index (Phi) is 8.12. The molecule has 3 aromatic rings. The lowest BCUT2D eigenvalue weighted by Crippen LogP contribution is -2.42. The molecule has 2 amide bonds. The van der Waals surface area contributed by atoms with Gasteiger partial charge in [-0.25, -0.2) is 18.6 Å². The molecular formula is C27H23F5N4O4. The van der Waals surface area contributed by atoms with Gasteiger partial charge in [-0.15, -0.1) is 0 Å². The van der Waals surface area contributed by atoms with Gasteiger partial charge in [-0.05, 0) is 43.5 Å². The fraction of sp³-hybridized carbons (Fsp3) is 0.296. The number of halogens is 5. The van der Waals surface area contributed by atoms with Gasteiger partial charge in [0, 0.05) is 22.9 Å². The summed E-state index contributed by atoms with van der Waals surface area (Å²) >= 11 is 0. The van der Waals surface area contributed by atoms with Crippen LogP contribution in [-0.4, -0.2) is 40.5 Å².